The minimum absolute atomic E-state index is 0.390. The van der Waals surface area contributed by atoms with Gasteiger partial charge in [0.05, 0.1) is 0 Å². The summed E-state index contributed by atoms with van der Waals surface area (Å²) in [5, 5.41) is 0. The lowest BCUT2D eigenvalue weighted by molar-refractivity contribution is 0.396. The number of allylic oxidation sites excluding steroid dienone is 9. The quantitative estimate of drug-likeness (QED) is 0.577. The summed E-state index contributed by atoms with van der Waals surface area (Å²) in [6.45, 7) is 8.94. The van der Waals surface area contributed by atoms with Gasteiger partial charge in [-0.25, -0.2) is 0 Å². The van der Waals surface area contributed by atoms with Gasteiger partial charge in [0, 0.05) is 18.8 Å². The van der Waals surface area contributed by atoms with Gasteiger partial charge in [0.1, 0.15) is 0 Å². The molecule has 4 nitrogen and oxygen atoms in total. The van der Waals surface area contributed by atoms with Crippen LogP contribution in [0.5, 0.6) is 0 Å². The van der Waals surface area contributed by atoms with E-state index < -0.39 is 10.2 Å². The van der Waals surface area contributed by atoms with Gasteiger partial charge >= 0.3 is 10.2 Å². The van der Waals surface area contributed by atoms with E-state index in [1.54, 1.807) is 16.4 Å². The van der Waals surface area contributed by atoms with Crippen molar-refractivity contribution in [2.24, 2.45) is 0 Å². The Hall–Kier alpha value is -2.37. The first-order valence-corrected chi connectivity index (χ1v) is 11.5. The molecular formula is C24H32N2O2S. The molecule has 1 N–H and O–H groups in total. The molecule has 0 aliphatic carbocycles. The fraction of sp³-hybridized carbons (Fsp3) is 0.333. The zero-order chi connectivity index (χ0) is 21.3. The molecule has 1 fully saturated rings. The molecule has 0 aromatic heterocycles. The van der Waals surface area contributed by atoms with E-state index in [1.807, 2.05) is 58.0 Å². The first-order valence-electron chi connectivity index (χ1n) is 10.1. The fourth-order valence-electron chi connectivity index (χ4n) is 3.55. The van der Waals surface area contributed by atoms with Crippen LogP contribution < -0.4 is 4.72 Å². The summed E-state index contributed by atoms with van der Waals surface area (Å²) in [7, 11) is -3.62. The lowest BCUT2D eigenvalue weighted by atomic mass is 9.88. The number of benzene rings is 1. The van der Waals surface area contributed by atoms with Gasteiger partial charge in [-0.05, 0) is 75.0 Å². The van der Waals surface area contributed by atoms with Crippen LogP contribution in [-0.4, -0.2) is 25.8 Å². The maximum absolute atomic E-state index is 13.0. The van der Waals surface area contributed by atoms with Crippen molar-refractivity contribution in [1.82, 2.24) is 4.31 Å². The standard InChI is InChI=1S/C24H32N2O2S/c1-5-13-20(7-3)24(21(8-4)14-6-2)22-15-12-18-26(19-22)29(27,28)25-23-16-10-9-11-17-23/h5-11,13-14,16-17,25H,12,15,18-19H2,1-4H3/b13-5-,14-6-,20-7+,21-8+. The maximum atomic E-state index is 13.0. The molecule has 0 atom stereocenters. The number of para-hydroxylation sites is 1. The lowest BCUT2D eigenvalue weighted by Gasteiger charge is -2.30. The predicted molar refractivity (Wildman–Crippen MR) is 124 cm³/mol. The minimum Gasteiger partial charge on any atom is -0.271 e. The van der Waals surface area contributed by atoms with Crippen LogP contribution >= 0.6 is 0 Å². The molecule has 0 spiro atoms. The average Bonchev–Trinajstić information content (AvgIpc) is 2.73. The van der Waals surface area contributed by atoms with Gasteiger partial charge in [-0.2, -0.15) is 12.7 Å². The zero-order valence-electron chi connectivity index (χ0n) is 17.9. The van der Waals surface area contributed by atoms with Crippen LogP contribution in [0.2, 0.25) is 0 Å². The molecule has 0 saturated carbocycles. The van der Waals surface area contributed by atoms with Crippen LogP contribution in [0.1, 0.15) is 40.5 Å². The summed E-state index contributed by atoms with van der Waals surface area (Å²) in [5.74, 6) is 0. The Bertz CT molecular complexity index is 906. The monoisotopic (exact) mass is 412 g/mol. The van der Waals surface area contributed by atoms with E-state index >= 15 is 0 Å². The van der Waals surface area contributed by atoms with E-state index in [0.717, 1.165) is 35.1 Å². The highest BCUT2D eigenvalue weighted by molar-refractivity contribution is 7.90. The summed E-state index contributed by atoms with van der Waals surface area (Å²) in [4.78, 5) is 0. The third-order valence-corrected chi connectivity index (χ3v) is 6.34. The van der Waals surface area contributed by atoms with Crippen LogP contribution in [-0.2, 0) is 10.2 Å². The fourth-order valence-corrected chi connectivity index (χ4v) is 4.81. The van der Waals surface area contributed by atoms with E-state index in [-0.39, 0.29) is 0 Å². The first-order chi connectivity index (χ1) is 14.0. The second-order valence-corrected chi connectivity index (χ2v) is 8.55. The van der Waals surface area contributed by atoms with E-state index in [1.165, 1.54) is 0 Å². The third kappa shape index (κ3) is 6.05. The van der Waals surface area contributed by atoms with E-state index in [0.29, 0.717) is 18.8 Å². The summed E-state index contributed by atoms with van der Waals surface area (Å²) in [6.07, 6.45) is 14.1. The molecular weight excluding hydrogens is 380 g/mol. The molecule has 1 aliphatic rings. The Morgan fingerprint density at radius 2 is 1.55 bits per heavy atom. The normalized spacial score (nSPS) is 17.3. The van der Waals surface area contributed by atoms with E-state index in [2.05, 4.69) is 29.0 Å². The molecule has 5 heteroatoms. The molecule has 0 amide bonds. The largest absolute Gasteiger partial charge is 0.301 e. The van der Waals surface area contributed by atoms with Crippen molar-refractivity contribution in [2.45, 2.75) is 40.5 Å². The van der Waals surface area contributed by atoms with Gasteiger partial charge in [-0.1, -0.05) is 54.7 Å². The van der Waals surface area contributed by atoms with Gasteiger partial charge in [0.25, 0.3) is 0 Å². The summed E-state index contributed by atoms with van der Waals surface area (Å²) < 4.78 is 30.2. The molecule has 2 rings (SSSR count). The molecule has 1 aliphatic heterocycles. The Balaban J connectivity index is 2.45. The van der Waals surface area contributed by atoms with Gasteiger partial charge < -0.3 is 0 Å². The Morgan fingerprint density at radius 1 is 0.966 bits per heavy atom. The van der Waals surface area contributed by atoms with Crippen LogP contribution in [0.4, 0.5) is 5.69 Å². The molecule has 0 radical (unpaired) electrons. The number of rotatable bonds is 7. The van der Waals surface area contributed by atoms with Crippen LogP contribution in [0.25, 0.3) is 0 Å². The van der Waals surface area contributed by atoms with Gasteiger partial charge in [-0.15, -0.1) is 0 Å². The van der Waals surface area contributed by atoms with E-state index in [9.17, 15) is 8.42 Å². The van der Waals surface area contributed by atoms with Crippen LogP contribution in [0, 0.1) is 0 Å². The second-order valence-electron chi connectivity index (χ2n) is 6.88. The number of nitrogens with zero attached hydrogens (tertiary/aromatic N) is 1. The topological polar surface area (TPSA) is 49.4 Å². The number of hydrogen-bond acceptors (Lipinski definition) is 2. The Kier molecular flexibility index (Phi) is 8.68. The molecule has 1 aromatic carbocycles. The molecule has 0 bridgehead atoms. The smallest absolute Gasteiger partial charge is 0.271 e. The van der Waals surface area contributed by atoms with Crippen molar-refractivity contribution >= 4 is 15.9 Å². The number of nitrogens with one attached hydrogen (secondary N) is 1. The number of piperidine rings is 1. The zero-order valence-corrected chi connectivity index (χ0v) is 18.7. The van der Waals surface area contributed by atoms with Crippen molar-refractivity contribution < 1.29 is 8.42 Å². The summed E-state index contributed by atoms with van der Waals surface area (Å²) >= 11 is 0. The Labute approximate surface area is 176 Å². The number of hydrogen-bond donors (Lipinski definition) is 1. The van der Waals surface area contributed by atoms with Crippen molar-refractivity contribution in [2.75, 3.05) is 17.8 Å². The molecule has 1 saturated heterocycles. The van der Waals surface area contributed by atoms with Crippen molar-refractivity contribution in [3.63, 3.8) is 0 Å². The molecule has 1 heterocycles. The van der Waals surface area contributed by atoms with Crippen LogP contribution in [0.3, 0.4) is 0 Å². The highest BCUT2D eigenvalue weighted by atomic mass is 32.2. The number of anilines is 1. The minimum atomic E-state index is -3.62. The third-order valence-electron chi connectivity index (χ3n) is 4.86. The molecule has 156 valence electrons. The molecule has 1 aromatic rings. The molecule has 0 unspecified atom stereocenters. The lowest BCUT2D eigenvalue weighted by Crippen LogP contribution is -2.40. The van der Waals surface area contributed by atoms with Crippen LogP contribution in [0.15, 0.2) is 89.1 Å². The SMILES string of the molecule is C/C=C\C(=C/C)C(=C1CCCN(S(=O)(=O)Nc2ccccc2)C1)C(/C=C\C)=C/C. The second kappa shape index (κ2) is 11.0. The Morgan fingerprint density at radius 3 is 2.07 bits per heavy atom. The van der Waals surface area contributed by atoms with E-state index in [4.69, 9.17) is 0 Å². The average molecular weight is 413 g/mol. The van der Waals surface area contributed by atoms with Crippen molar-refractivity contribution in [1.29, 1.82) is 0 Å². The predicted octanol–water partition coefficient (Wildman–Crippen LogP) is 5.78. The van der Waals surface area contributed by atoms with Gasteiger partial charge in [-0.3, -0.25) is 4.72 Å². The van der Waals surface area contributed by atoms with Crippen molar-refractivity contribution in [3.8, 4) is 0 Å². The summed E-state index contributed by atoms with van der Waals surface area (Å²) in [5.41, 5.74) is 5.08. The first kappa shape index (κ1) is 22.9. The van der Waals surface area contributed by atoms with Gasteiger partial charge in [0.2, 0.25) is 0 Å². The van der Waals surface area contributed by atoms with Gasteiger partial charge in [0.15, 0.2) is 0 Å². The highest BCUT2D eigenvalue weighted by Gasteiger charge is 2.28. The summed E-state index contributed by atoms with van der Waals surface area (Å²) in [6, 6.07) is 9.03. The van der Waals surface area contributed by atoms with Crippen molar-refractivity contribution in [3.05, 3.63) is 89.1 Å². The molecule has 29 heavy (non-hydrogen) atoms. The highest BCUT2D eigenvalue weighted by Crippen LogP contribution is 2.31. The maximum Gasteiger partial charge on any atom is 0.301 e.